The molecule has 170 valence electrons. The Kier molecular flexibility index (Phi) is 6.14. The molecule has 33 heavy (non-hydrogen) atoms. The fourth-order valence-electron chi connectivity index (χ4n) is 5.58. The molecule has 2 N–H and O–H groups in total. The number of aromatic nitrogens is 2. The first kappa shape index (κ1) is 21.7. The molecule has 2 aromatic carbocycles. The van der Waals surface area contributed by atoms with E-state index >= 15 is 0 Å². The molecule has 5 nitrogen and oxygen atoms in total. The number of nitrogens with one attached hydrogen (secondary N) is 1. The molecule has 0 saturated heterocycles. The van der Waals surface area contributed by atoms with Crippen LogP contribution >= 0.6 is 0 Å². The number of imidazole rings is 1. The van der Waals surface area contributed by atoms with Gasteiger partial charge in [0.25, 0.3) is 0 Å². The number of amides is 1. The van der Waals surface area contributed by atoms with Gasteiger partial charge in [-0.1, -0.05) is 48.5 Å². The number of allylic oxidation sites excluding steroid dienone is 2. The quantitative estimate of drug-likeness (QED) is 0.526. The number of para-hydroxylation sites is 1. The summed E-state index contributed by atoms with van der Waals surface area (Å²) in [5, 5.41) is 14.3. The van der Waals surface area contributed by atoms with Crippen LogP contribution in [0, 0.1) is 11.8 Å². The van der Waals surface area contributed by atoms with E-state index in [2.05, 4.69) is 46.1 Å². The maximum absolute atomic E-state index is 12.7. The van der Waals surface area contributed by atoms with Gasteiger partial charge >= 0.3 is 0 Å². The van der Waals surface area contributed by atoms with Gasteiger partial charge in [0.15, 0.2) is 0 Å². The number of carbonyl (C=O) groups excluding carboxylic acids is 1. The third kappa shape index (κ3) is 4.38. The predicted molar refractivity (Wildman–Crippen MR) is 131 cm³/mol. The Balaban J connectivity index is 1.24. The Labute approximate surface area is 195 Å². The van der Waals surface area contributed by atoms with E-state index in [1.165, 1.54) is 16.7 Å². The van der Waals surface area contributed by atoms with Gasteiger partial charge in [0.2, 0.25) is 5.91 Å². The molecule has 1 amide bonds. The van der Waals surface area contributed by atoms with Gasteiger partial charge in [0.05, 0.1) is 30.4 Å². The summed E-state index contributed by atoms with van der Waals surface area (Å²) in [4.78, 5) is 17.0. The van der Waals surface area contributed by atoms with Crippen LogP contribution in [-0.2, 0) is 4.79 Å². The molecule has 1 aromatic heterocycles. The van der Waals surface area contributed by atoms with E-state index in [1.54, 1.807) is 0 Å². The van der Waals surface area contributed by atoms with Crippen LogP contribution in [0.2, 0.25) is 0 Å². The number of anilines is 1. The molecule has 5 heteroatoms. The van der Waals surface area contributed by atoms with Gasteiger partial charge in [-0.2, -0.15) is 0 Å². The molecule has 1 aliphatic carbocycles. The summed E-state index contributed by atoms with van der Waals surface area (Å²) >= 11 is 0. The molecule has 1 saturated carbocycles. The Morgan fingerprint density at radius 2 is 1.73 bits per heavy atom. The highest BCUT2D eigenvalue weighted by atomic mass is 16.3. The number of hydrogen-bond donors (Lipinski definition) is 2. The lowest BCUT2D eigenvalue weighted by Gasteiger charge is -2.32. The average Bonchev–Trinajstić information content (AvgIpc) is 3.43. The third-order valence-corrected chi connectivity index (χ3v) is 7.40. The van der Waals surface area contributed by atoms with Crippen molar-refractivity contribution in [3.8, 4) is 0 Å². The summed E-state index contributed by atoms with van der Waals surface area (Å²) in [6, 6.07) is 20.2. The molecule has 0 radical (unpaired) electrons. The minimum Gasteiger partial charge on any atom is -0.393 e. The van der Waals surface area contributed by atoms with Crippen LogP contribution in [0.1, 0.15) is 56.3 Å². The topological polar surface area (TPSA) is 67.2 Å². The molecule has 1 fully saturated rings. The van der Waals surface area contributed by atoms with Crippen LogP contribution in [0.25, 0.3) is 11.1 Å². The molecular formula is C28H31N3O2. The molecule has 3 aromatic rings. The maximum atomic E-state index is 12.7. The van der Waals surface area contributed by atoms with E-state index in [4.69, 9.17) is 0 Å². The van der Waals surface area contributed by atoms with Gasteiger partial charge in [0.1, 0.15) is 0 Å². The molecule has 1 aliphatic heterocycles. The van der Waals surface area contributed by atoms with E-state index in [-0.39, 0.29) is 23.8 Å². The molecule has 0 bridgehead atoms. The second kappa shape index (κ2) is 9.36. The number of rotatable bonds is 6. The Bertz CT molecular complexity index is 1130. The van der Waals surface area contributed by atoms with Crippen molar-refractivity contribution < 1.29 is 9.90 Å². The molecule has 0 spiro atoms. The van der Waals surface area contributed by atoms with Crippen molar-refractivity contribution in [2.24, 2.45) is 11.8 Å². The zero-order chi connectivity index (χ0) is 22.8. The van der Waals surface area contributed by atoms with Crippen molar-refractivity contribution in [2.45, 2.75) is 51.2 Å². The predicted octanol–water partition coefficient (Wildman–Crippen LogP) is 5.56. The van der Waals surface area contributed by atoms with Crippen molar-refractivity contribution in [3.63, 3.8) is 0 Å². The smallest absolute Gasteiger partial charge is 0.227 e. The number of aliphatic hydroxyl groups excluding tert-OH is 1. The van der Waals surface area contributed by atoms with Gasteiger partial charge in [-0.05, 0) is 73.8 Å². The largest absolute Gasteiger partial charge is 0.393 e. The van der Waals surface area contributed by atoms with E-state index in [9.17, 15) is 9.90 Å². The van der Waals surface area contributed by atoms with Crippen molar-refractivity contribution >= 4 is 22.7 Å². The minimum absolute atomic E-state index is 0.0161. The molecule has 2 aliphatic rings. The van der Waals surface area contributed by atoms with Gasteiger partial charge in [0, 0.05) is 11.6 Å². The number of aliphatic hydroxyl groups is 1. The first-order valence-corrected chi connectivity index (χ1v) is 11.9. The van der Waals surface area contributed by atoms with Crippen LogP contribution in [0.4, 0.5) is 5.69 Å². The van der Waals surface area contributed by atoms with Crippen LogP contribution in [0.5, 0.6) is 0 Å². The summed E-state index contributed by atoms with van der Waals surface area (Å²) in [7, 11) is 0. The summed E-state index contributed by atoms with van der Waals surface area (Å²) in [6.07, 6.45) is 7.45. The van der Waals surface area contributed by atoms with Gasteiger partial charge in [-0.3, -0.25) is 4.79 Å². The van der Waals surface area contributed by atoms with Crippen LogP contribution in [0.15, 0.2) is 73.2 Å². The zero-order valence-electron chi connectivity index (χ0n) is 19.0. The normalized spacial score (nSPS) is 23.3. The number of fused-ring (bicyclic) bond motifs is 1. The summed E-state index contributed by atoms with van der Waals surface area (Å²) in [5.74, 6) is 0.330. The van der Waals surface area contributed by atoms with Crippen LogP contribution < -0.4 is 5.32 Å². The van der Waals surface area contributed by atoms with E-state index in [0.29, 0.717) is 6.42 Å². The third-order valence-electron chi connectivity index (χ3n) is 7.40. The highest BCUT2D eigenvalue weighted by Crippen LogP contribution is 2.45. The zero-order valence-corrected chi connectivity index (χ0v) is 19.0. The first-order valence-electron chi connectivity index (χ1n) is 11.9. The highest BCUT2D eigenvalue weighted by Gasteiger charge is 2.35. The Morgan fingerprint density at radius 1 is 1.06 bits per heavy atom. The fraction of sp³-hybridized carbons (Fsp3) is 0.357. The second-order valence-electron chi connectivity index (χ2n) is 9.38. The fourth-order valence-corrected chi connectivity index (χ4v) is 5.58. The number of benzene rings is 2. The number of nitrogens with zero attached hydrogens (tertiary/aromatic N) is 2. The lowest BCUT2D eigenvalue weighted by molar-refractivity contribution is -0.121. The van der Waals surface area contributed by atoms with Crippen LogP contribution in [0.3, 0.4) is 0 Å². The molecule has 1 unspecified atom stereocenters. The maximum Gasteiger partial charge on any atom is 0.227 e. The van der Waals surface area contributed by atoms with Gasteiger partial charge in [-0.25, -0.2) is 4.98 Å². The number of hydrogen-bond acceptors (Lipinski definition) is 3. The van der Waals surface area contributed by atoms with E-state index < -0.39 is 6.10 Å². The van der Waals surface area contributed by atoms with Crippen molar-refractivity contribution in [1.29, 1.82) is 0 Å². The summed E-state index contributed by atoms with van der Waals surface area (Å²) in [5.41, 5.74) is 5.70. The monoisotopic (exact) mass is 441 g/mol. The van der Waals surface area contributed by atoms with E-state index in [0.717, 1.165) is 37.1 Å². The average molecular weight is 442 g/mol. The highest BCUT2D eigenvalue weighted by molar-refractivity contribution is 5.94. The van der Waals surface area contributed by atoms with Crippen molar-refractivity contribution in [3.05, 3.63) is 84.4 Å². The van der Waals surface area contributed by atoms with Crippen molar-refractivity contribution in [1.82, 2.24) is 9.55 Å². The second-order valence-corrected chi connectivity index (χ2v) is 9.38. The minimum atomic E-state index is -0.409. The van der Waals surface area contributed by atoms with Gasteiger partial charge < -0.3 is 15.0 Å². The SMILES string of the molecule is CC1=C(c2ccccc2)C(C[C@H](O)C2CCC(C(=O)Nc3ccccc3)CC2)n2cncc21. The Hall–Kier alpha value is -3.18. The summed E-state index contributed by atoms with van der Waals surface area (Å²) < 4.78 is 2.21. The van der Waals surface area contributed by atoms with Crippen LogP contribution in [-0.4, -0.2) is 26.7 Å². The summed E-state index contributed by atoms with van der Waals surface area (Å²) in [6.45, 7) is 2.15. The van der Waals surface area contributed by atoms with E-state index in [1.807, 2.05) is 48.9 Å². The Morgan fingerprint density at radius 3 is 2.42 bits per heavy atom. The first-order chi connectivity index (χ1) is 16.1. The molecule has 2 heterocycles. The molecule has 5 rings (SSSR count). The lowest BCUT2D eigenvalue weighted by Crippen LogP contribution is -2.32. The lowest BCUT2D eigenvalue weighted by atomic mass is 9.77. The van der Waals surface area contributed by atoms with Gasteiger partial charge in [-0.15, -0.1) is 0 Å². The standard InChI is InChI=1S/C28H31N3O2/c1-19-25-17-29-18-31(25)24(27(19)21-8-4-2-5-9-21)16-26(32)20-12-14-22(15-13-20)28(33)30-23-10-6-3-7-11-23/h2-11,17-18,20,22,24,26,32H,12-16H2,1H3,(H,30,33)/t20?,22?,24?,26-/m0/s1. The number of carbonyl (C=O) groups is 1. The molecular weight excluding hydrogens is 410 g/mol. The molecule has 2 atom stereocenters. The van der Waals surface area contributed by atoms with Crippen molar-refractivity contribution in [2.75, 3.05) is 5.32 Å².